The lowest BCUT2D eigenvalue weighted by Gasteiger charge is -2.12. The zero-order valence-electron chi connectivity index (χ0n) is 19.6. The molecule has 1 N–H and O–H groups in total. The van der Waals surface area contributed by atoms with E-state index in [4.69, 9.17) is 9.84 Å². The Kier molecular flexibility index (Phi) is 7.73. The zero-order valence-corrected chi connectivity index (χ0v) is 19.6. The summed E-state index contributed by atoms with van der Waals surface area (Å²) in [6, 6.07) is 27.7. The van der Waals surface area contributed by atoms with E-state index in [-0.39, 0.29) is 5.91 Å². The maximum atomic E-state index is 13.2. The van der Waals surface area contributed by atoms with Crippen molar-refractivity contribution in [1.82, 2.24) is 20.0 Å². The van der Waals surface area contributed by atoms with E-state index in [1.807, 2.05) is 97.8 Å². The molecule has 0 bridgehead atoms. The Morgan fingerprint density at radius 3 is 2.38 bits per heavy atom. The van der Waals surface area contributed by atoms with Gasteiger partial charge in [-0.25, -0.2) is 0 Å². The molecule has 34 heavy (non-hydrogen) atoms. The lowest BCUT2D eigenvalue weighted by atomic mass is 10.1. The summed E-state index contributed by atoms with van der Waals surface area (Å²) in [5, 5.41) is 7.79. The van der Waals surface area contributed by atoms with Gasteiger partial charge in [-0.1, -0.05) is 72.8 Å². The van der Waals surface area contributed by atoms with Gasteiger partial charge in [0.25, 0.3) is 5.91 Å². The third kappa shape index (κ3) is 6.33. The van der Waals surface area contributed by atoms with E-state index < -0.39 is 0 Å². The van der Waals surface area contributed by atoms with Crippen molar-refractivity contribution in [2.24, 2.45) is 0 Å². The number of rotatable bonds is 10. The molecule has 3 aromatic carbocycles. The average molecular weight is 455 g/mol. The molecular formula is C28H30N4O2. The summed E-state index contributed by atoms with van der Waals surface area (Å²) in [6.07, 6.45) is 1.82. The second-order valence-electron chi connectivity index (χ2n) is 8.42. The van der Waals surface area contributed by atoms with Crippen LogP contribution >= 0.6 is 0 Å². The predicted octanol–water partition coefficient (Wildman–Crippen LogP) is 4.47. The standard InChI is InChI=1S/C28H30N4O2/c1-31(2)16-17-34-25-15-9-12-23(18-25)19-29-28(33)26-21-32(20-22-10-5-3-6-11-22)30-27(26)24-13-7-4-8-14-24/h3-15,18,21H,16-17,19-20H2,1-2H3,(H,29,33). The average Bonchev–Trinajstić information content (AvgIpc) is 3.28. The molecule has 4 aromatic rings. The smallest absolute Gasteiger partial charge is 0.255 e. The third-order valence-corrected chi connectivity index (χ3v) is 5.40. The van der Waals surface area contributed by atoms with Crippen LogP contribution in [0.25, 0.3) is 11.3 Å². The molecular weight excluding hydrogens is 424 g/mol. The van der Waals surface area contributed by atoms with E-state index in [2.05, 4.69) is 22.3 Å². The Morgan fingerprint density at radius 2 is 1.65 bits per heavy atom. The number of aromatic nitrogens is 2. The van der Waals surface area contributed by atoms with Gasteiger partial charge < -0.3 is 15.0 Å². The molecule has 1 aromatic heterocycles. The van der Waals surface area contributed by atoms with Crippen LogP contribution in [0.1, 0.15) is 21.5 Å². The summed E-state index contributed by atoms with van der Waals surface area (Å²) in [6.45, 7) is 2.46. The van der Waals surface area contributed by atoms with E-state index in [1.54, 1.807) is 0 Å². The normalized spacial score (nSPS) is 10.9. The Bertz CT molecular complexity index is 1200. The van der Waals surface area contributed by atoms with Crippen molar-refractivity contribution in [3.05, 3.63) is 108 Å². The molecule has 0 saturated heterocycles. The second kappa shape index (κ2) is 11.3. The minimum Gasteiger partial charge on any atom is -0.492 e. The number of hydrogen-bond donors (Lipinski definition) is 1. The first-order valence-electron chi connectivity index (χ1n) is 11.4. The van der Waals surface area contributed by atoms with Crippen LogP contribution in [0.4, 0.5) is 0 Å². The van der Waals surface area contributed by atoms with Crippen LogP contribution in [0.15, 0.2) is 91.1 Å². The molecule has 6 heteroatoms. The Balaban J connectivity index is 1.49. The minimum atomic E-state index is -0.155. The first-order valence-corrected chi connectivity index (χ1v) is 11.4. The molecule has 6 nitrogen and oxygen atoms in total. The molecule has 1 heterocycles. The van der Waals surface area contributed by atoms with E-state index in [0.717, 1.165) is 29.0 Å². The molecule has 0 fully saturated rings. The predicted molar refractivity (Wildman–Crippen MR) is 135 cm³/mol. The highest BCUT2D eigenvalue weighted by atomic mass is 16.5. The summed E-state index contributed by atoms with van der Waals surface area (Å²) in [7, 11) is 4.03. The van der Waals surface area contributed by atoms with Crippen molar-refractivity contribution in [2.75, 3.05) is 27.2 Å². The molecule has 0 saturated carbocycles. The van der Waals surface area contributed by atoms with Crippen molar-refractivity contribution in [3.63, 3.8) is 0 Å². The van der Waals surface area contributed by atoms with Crippen LogP contribution in [-0.2, 0) is 13.1 Å². The fraction of sp³-hybridized carbons (Fsp3) is 0.214. The van der Waals surface area contributed by atoms with Gasteiger partial charge in [0.2, 0.25) is 0 Å². The van der Waals surface area contributed by atoms with Gasteiger partial charge >= 0.3 is 0 Å². The second-order valence-corrected chi connectivity index (χ2v) is 8.42. The quantitative estimate of drug-likeness (QED) is 0.384. The number of benzene rings is 3. The van der Waals surface area contributed by atoms with E-state index in [0.29, 0.717) is 31.0 Å². The molecule has 0 aliphatic heterocycles. The van der Waals surface area contributed by atoms with Gasteiger partial charge in [0.15, 0.2) is 0 Å². The molecule has 0 radical (unpaired) electrons. The van der Waals surface area contributed by atoms with Crippen molar-refractivity contribution in [1.29, 1.82) is 0 Å². The molecule has 4 rings (SSSR count). The van der Waals surface area contributed by atoms with E-state index >= 15 is 0 Å². The van der Waals surface area contributed by atoms with Crippen LogP contribution in [0.5, 0.6) is 5.75 Å². The number of carbonyl (C=O) groups is 1. The Hall–Kier alpha value is -3.90. The van der Waals surface area contributed by atoms with Crippen molar-refractivity contribution in [3.8, 4) is 17.0 Å². The number of nitrogens with zero attached hydrogens (tertiary/aromatic N) is 3. The summed E-state index contributed by atoms with van der Waals surface area (Å²) >= 11 is 0. The van der Waals surface area contributed by atoms with Crippen LogP contribution < -0.4 is 10.1 Å². The van der Waals surface area contributed by atoms with Crippen molar-refractivity contribution >= 4 is 5.91 Å². The maximum absolute atomic E-state index is 13.2. The summed E-state index contributed by atoms with van der Waals surface area (Å²) < 4.78 is 7.64. The van der Waals surface area contributed by atoms with Gasteiger partial charge in [-0.2, -0.15) is 5.10 Å². The first kappa shape index (κ1) is 23.3. The number of hydrogen-bond acceptors (Lipinski definition) is 4. The highest BCUT2D eigenvalue weighted by Gasteiger charge is 2.18. The van der Waals surface area contributed by atoms with E-state index in [1.165, 1.54) is 0 Å². The van der Waals surface area contributed by atoms with Gasteiger partial charge in [0, 0.05) is 24.8 Å². The largest absolute Gasteiger partial charge is 0.492 e. The van der Waals surface area contributed by atoms with Gasteiger partial charge in [-0.3, -0.25) is 9.48 Å². The SMILES string of the molecule is CN(C)CCOc1cccc(CNC(=O)c2cn(Cc3ccccc3)nc2-c2ccccc2)c1. The number of ether oxygens (including phenoxy) is 1. The number of carbonyl (C=O) groups excluding carboxylic acids is 1. The van der Waals surface area contributed by atoms with Gasteiger partial charge in [-0.05, 0) is 37.4 Å². The highest BCUT2D eigenvalue weighted by Crippen LogP contribution is 2.23. The molecule has 0 unspecified atom stereocenters. The summed E-state index contributed by atoms with van der Waals surface area (Å²) in [5.74, 6) is 0.645. The van der Waals surface area contributed by atoms with Crippen LogP contribution in [-0.4, -0.2) is 47.8 Å². The Morgan fingerprint density at radius 1 is 0.941 bits per heavy atom. The molecule has 0 atom stereocenters. The minimum absolute atomic E-state index is 0.155. The van der Waals surface area contributed by atoms with E-state index in [9.17, 15) is 4.79 Å². The monoisotopic (exact) mass is 454 g/mol. The fourth-order valence-electron chi connectivity index (χ4n) is 3.62. The molecule has 0 spiro atoms. The first-order chi connectivity index (χ1) is 16.6. The Labute approximate surface area is 200 Å². The lowest BCUT2D eigenvalue weighted by Crippen LogP contribution is -2.23. The molecule has 174 valence electrons. The summed E-state index contributed by atoms with van der Waals surface area (Å²) in [5.41, 5.74) is 4.25. The highest BCUT2D eigenvalue weighted by molar-refractivity contribution is 5.99. The zero-order chi connectivity index (χ0) is 23.8. The molecule has 1 amide bonds. The maximum Gasteiger partial charge on any atom is 0.255 e. The number of amides is 1. The van der Waals surface area contributed by atoms with Crippen LogP contribution in [0.2, 0.25) is 0 Å². The number of nitrogens with one attached hydrogen (secondary N) is 1. The van der Waals surface area contributed by atoms with Crippen molar-refractivity contribution in [2.45, 2.75) is 13.1 Å². The third-order valence-electron chi connectivity index (χ3n) is 5.40. The van der Waals surface area contributed by atoms with Gasteiger partial charge in [0.1, 0.15) is 18.1 Å². The van der Waals surface area contributed by atoms with Gasteiger partial charge in [-0.15, -0.1) is 0 Å². The summed E-state index contributed by atoms with van der Waals surface area (Å²) in [4.78, 5) is 15.3. The van der Waals surface area contributed by atoms with Crippen molar-refractivity contribution < 1.29 is 9.53 Å². The topological polar surface area (TPSA) is 59.4 Å². The molecule has 0 aliphatic carbocycles. The van der Waals surface area contributed by atoms with Gasteiger partial charge in [0.05, 0.1) is 12.1 Å². The number of likely N-dealkylation sites (N-methyl/N-ethyl adjacent to an activating group) is 1. The molecule has 0 aliphatic rings. The van der Waals surface area contributed by atoms with Crippen LogP contribution in [0.3, 0.4) is 0 Å². The van der Waals surface area contributed by atoms with Crippen LogP contribution in [0, 0.1) is 0 Å². The lowest BCUT2D eigenvalue weighted by molar-refractivity contribution is 0.0951. The fourth-order valence-corrected chi connectivity index (χ4v) is 3.62.